The molecule has 0 bridgehead atoms. The van der Waals surface area contributed by atoms with Crippen molar-refractivity contribution >= 4 is 0 Å². The van der Waals surface area contributed by atoms with E-state index >= 15 is 0 Å². The number of rotatable bonds is 0. The maximum absolute atomic E-state index is 3.02. The number of nitrogens with one attached hydrogen (secondary N) is 1. The zero-order chi connectivity index (χ0) is 8.15. The minimum absolute atomic E-state index is 1.23. The number of hydrazine groups is 2. The molecule has 0 saturated heterocycles. The van der Waals surface area contributed by atoms with E-state index in [1.165, 1.54) is 5.70 Å². The molecular weight excluding hydrogens is 126 g/mol. The van der Waals surface area contributed by atoms with Crippen LogP contribution in [0.3, 0.4) is 0 Å². The molecule has 1 aliphatic rings. The van der Waals surface area contributed by atoms with Crippen LogP contribution in [0.2, 0.25) is 0 Å². The summed E-state index contributed by atoms with van der Waals surface area (Å²) in [6, 6.07) is 0. The second-order valence-electron chi connectivity index (χ2n) is 1.96. The Hall–Kier alpha value is -0.700. The summed E-state index contributed by atoms with van der Waals surface area (Å²) in [4.78, 5) is 0. The standard InChI is InChI=1S/C5H11N3.C2H6/c1-5-4-6-8(3)7(5)2;1-2/h4,6H,1-3H3;1-2H3. The van der Waals surface area contributed by atoms with Crippen molar-refractivity contribution in [1.29, 1.82) is 0 Å². The van der Waals surface area contributed by atoms with Crippen molar-refractivity contribution in [2.45, 2.75) is 20.8 Å². The second kappa shape index (κ2) is 4.17. The summed E-state index contributed by atoms with van der Waals surface area (Å²) in [5, 5.41) is 3.94. The lowest BCUT2D eigenvalue weighted by Gasteiger charge is -2.21. The number of hydrogen-bond donors (Lipinski definition) is 1. The van der Waals surface area contributed by atoms with E-state index in [0.717, 1.165) is 0 Å². The molecule has 0 atom stereocenters. The van der Waals surface area contributed by atoms with Gasteiger partial charge in [0.2, 0.25) is 0 Å². The second-order valence-corrected chi connectivity index (χ2v) is 1.96. The van der Waals surface area contributed by atoms with Crippen LogP contribution in [0.1, 0.15) is 20.8 Å². The molecule has 0 aromatic carbocycles. The SMILES string of the molecule is CC.CC1=CNN(C)N1C. The van der Waals surface area contributed by atoms with E-state index in [-0.39, 0.29) is 0 Å². The van der Waals surface area contributed by atoms with Gasteiger partial charge in [0.15, 0.2) is 0 Å². The van der Waals surface area contributed by atoms with Crippen molar-refractivity contribution in [2.75, 3.05) is 14.1 Å². The third kappa shape index (κ3) is 1.92. The van der Waals surface area contributed by atoms with Gasteiger partial charge >= 0.3 is 0 Å². The van der Waals surface area contributed by atoms with E-state index in [0.29, 0.717) is 0 Å². The Labute approximate surface area is 63.2 Å². The molecule has 0 saturated carbocycles. The fourth-order valence-electron chi connectivity index (χ4n) is 0.603. The Balaban J connectivity index is 0.000000371. The molecule has 1 aliphatic heterocycles. The molecule has 0 fully saturated rings. The molecular formula is C7H17N3. The first-order valence-electron chi connectivity index (χ1n) is 3.62. The van der Waals surface area contributed by atoms with E-state index in [4.69, 9.17) is 0 Å². The Morgan fingerprint density at radius 1 is 1.30 bits per heavy atom. The van der Waals surface area contributed by atoms with E-state index < -0.39 is 0 Å². The van der Waals surface area contributed by atoms with Crippen molar-refractivity contribution < 1.29 is 0 Å². The first-order valence-corrected chi connectivity index (χ1v) is 3.62. The monoisotopic (exact) mass is 143 g/mol. The van der Waals surface area contributed by atoms with Gasteiger partial charge in [-0.25, -0.2) is 0 Å². The molecule has 1 N–H and O–H groups in total. The Kier molecular flexibility index (Phi) is 3.88. The Morgan fingerprint density at radius 3 is 1.90 bits per heavy atom. The van der Waals surface area contributed by atoms with Crippen LogP contribution in [0.15, 0.2) is 11.9 Å². The van der Waals surface area contributed by atoms with Gasteiger partial charge in [-0.3, -0.25) is 5.01 Å². The molecule has 0 aromatic rings. The van der Waals surface area contributed by atoms with Crippen molar-refractivity contribution in [2.24, 2.45) is 0 Å². The molecule has 0 unspecified atom stereocenters. The molecule has 0 spiro atoms. The highest BCUT2D eigenvalue weighted by Crippen LogP contribution is 2.04. The minimum Gasteiger partial charge on any atom is -0.307 e. The van der Waals surface area contributed by atoms with Crippen LogP contribution in [-0.4, -0.2) is 24.2 Å². The van der Waals surface area contributed by atoms with Crippen molar-refractivity contribution in [1.82, 2.24) is 15.6 Å². The lowest BCUT2D eigenvalue weighted by atomic mass is 10.5. The lowest BCUT2D eigenvalue weighted by molar-refractivity contribution is 0.0543. The van der Waals surface area contributed by atoms with Crippen LogP contribution in [0, 0.1) is 0 Å². The van der Waals surface area contributed by atoms with Crippen LogP contribution in [-0.2, 0) is 0 Å². The number of nitrogens with zero attached hydrogens (tertiary/aromatic N) is 2. The summed E-state index contributed by atoms with van der Waals surface area (Å²) in [6.45, 7) is 6.05. The van der Waals surface area contributed by atoms with Crippen molar-refractivity contribution in [3.8, 4) is 0 Å². The summed E-state index contributed by atoms with van der Waals surface area (Å²) < 4.78 is 0. The Bertz CT molecular complexity index is 120. The van der Waals surface area contributed by atoms with Gasteiger partial charge < -0.3 is 5.43 Å². The normalized spacial score (nSPS) is 17.3. The van der Waals surface area contributed by atoms with Gasteiger partial charge in [0.05, 0.1) is 0 Å². The van der Waals surface area contributed by atoms with Crippen LogP contribution in [0.4, 0.5) is 0 Å². The van der Waals surface area contributed by atoms with Crippen LogP contribution < -0.4 is 5.43 Å². The smallest absolute Gasteiger partial charge is 0.0451 e. The van der Waals surface area contributed by atoms with Gasteiger partial charge in [0.25, 0.3) is 0 Å². The fraction of sp³-hybridized carbons (Fsp3) is 0.714. The first kappa shape index (κ1) is 9.30. The van der Waals surface area contributed by atoms with Crippen molar-refractivity contribution in [3.05, 3.63) is 11.9 Å². The third-order valence-electron chi connectivity index (χ3n) is 1.42. The molecule has 3 heteroatoms. The molecule has 1 heterocycles. The number of allylic oxidation sites excluding steroid dienone is 1. The largest absolute Gasteiger partial charge is 0.307 e. The van der Waals surface area contributed by atoms with Gasteiger partial charge in [0.1, 0.15) is 0 Å². The average molecular weight is 143 g/mol. The maximum Gasteiger partial charge on any atom is 0.0451 e. The highest BCUT2D eigenvalue weighted by atomic mass is 15.8. The summed E-state index contributed by atoms with van der Waals surface area (Å²) in [5.41, 5.74) is 4.25. The van der Waals surface area contributed by atoms with Crippen molar-refractivity contribution in [3.63, 3.8) is 0 Å². The molecule has 0 radical (unpaired) electrons. The van der Waals surface area contributed by atoms with Crippen LogP contribution in [0.5, 0.6) is 0 Å². The molecule has 1 rings (SSSR count). The van der Waals surface area contributed by atoms with E-state index in [2.05, 4.69) is 12.3 Å². The zero-order valence-corrected chi connectivity index (χ0v) is 7.47. The van der Waals surface area contributed by atoms with Gasteiger partial charge in [-0.15, -0.1) is 5.12 Å². The van der Waals surface area contributed by atoms with Crippen LogP contribution in [0.25, 0.3) is 0 Å². The molecule has 10 heavy (non-hydrogen) atoms. The van der Waals surface area contributed by atoms with Crippen LogP contribution >= 0.6 is 0 Å². The molecule has 0 aliphatic carbocycles. The maximum atomic E-state index is 3.02. The highest BCUT2D eigenvalue weighted by molar-refractivity contribution is 4.96. The molecule has 0 aromatic heterocycles. The topological polar surface area (TPSA) is 18.5 Å². The molecule has 0 amide bonds. The summed E-state index contributed by atoms with van der Waals surface area (Å²) in [7, 11) is 3.97. The van der Waals surface area contributed by atoms with E-state index in [9.17, 15) is 0 Å². The quantitative estimate of drug-likeness (QED) is 0.549. The average Bonchev–Trinajstić information content (AvgIpc) is 2.25. The van der Waals surface area contributed by atoms with E-state index in [1.54, 1.807) is 0 Å². The van der Waals surface area contributed by atoms with Gasteiger partial charge in [0, 0.05) is 26.0 Å². The predicted molar refractivity (Wildman–Crippen MR) is 43.8 cm³/mol. The minimum atomic E-state index is 1.23. The lowest BCUT2D eigenvalue weighted by Crippen LogP contribution is -2.36. The van der Waals surface area contributed by atoms with Gasteiger partial charge in [-0.2, -0.15) is 0 Å². The van der Waals surface area contributed by atoms with Gasteiger partial charge in [-0.1, -0.05) is 13.8 Å². The predicted octanol–water partition coefficient (Wildman–Crippen LogP) is 1.17. The van der Waals surface area contributed by atoms with E-state index in [1.807, 2.05) is 44.3 Å². The third-order valence-corrected chi connectivity index (χ3v) is 1.42. The molecule has 3 nitrogen and oxygen atoms in total. The zero-order valence-electron chi connectivity index (χ0n) is 7.47. The first-order chi connectivity index (χ1) is 4.72. The number of hydrogen-bond acceptors (Lipinski definition) is 3. The summed E-state index contributed by atoms with van der Waals surface area (Å²) in [6.07, 6.45) is 1.96. The Morgan fingerprint density at radius 2 is 1.80 bits per heavy atom. The highest BCUT2D eigenvalue weighted by Gasteiger charge is 2.09. The van der Waals surface area contributed by atoms with Gasteiger partial charge in [-0.05, 0) is 6.92 Å². The fourth-order valence-corrected chi connectivity index (χ4v) is 0.603. The molecule has 60 valence electrons. The summed E-state index contributed by atoms with van der Waals surface area (Å²) >= 11 is 0. The summed E-state index contributed by atoms with van der Waals surface area (Å²) in [5.74, 6) is 0.